The maximum atomic E-state index is 6.24. The van der Waals surface area contributed by atoms with Crippen molar-refractivity contribution < 1.29 is 0 Å². The Hall–Kier alpha value is -3.53. The summed E-state index contributed by atoms with van der Waals surface area (Å²) in [6.45, 7) is 0. The molecule has 0 aliphatic carbocycles. The number of aromatic nitrogens is 2. The van der Waals surface area contributed by atoms with Crippen molar-refractivity contribution in [2.45, 2.75) is 0 Å². The van der Waals surface area contributed by atoms with Crippen molar-refractivity contribution in [3.63, 3.8) is 0 Å². The third-order valence-corrected chi connectivity index (χ3v) is 7.41. The number of benzene rings is 5. The molecule has 0 unspecified atom stereocenters. The largest absolute Gasteiger partial charge is 0.242 e. The van der Waals surface area contributed by atoms with E-state index in [1.807, 2.05) is 18.2 Å². The van der Waals surface area contributed by atoms with Crippen LogP contribution in [0.3, 0.4) is 0 Å². The molecular formula is C28H15ClN2S. The summed E-state index contributed by atoms with van der Waals surface area (Å²) in [7, 11) is 0. The molecule has 32 heavy (non-hydrogen) atoms. The fourth-order valence-electron chi connectivity index (χ4n) is 4.65. The molecule has 0 aliphatic rings. The molecule has 2 heterocycles. The van der Waals surface area contributed by atoms with Crippen LogP contribution >= 0.6 is 22.9 Å². The number of hydrogen-bond donors (Lipinski definition) is 0. The first-order valence-electron chi connectivity index (χ1n) is 10.5. The predicted octanol–water partition coefficient (Wildman–Crippen LogP) is 8.62. The van der Waals surface area contributed by atoms with E-state index in [1.165, 1.54) is 15.5 Å². The highest BCUT2D eigenvalue weighted by Crippen LogP contribution is 2.39. The van der Waals surface area contributed by atoms with Gasteiger partial charge in [-0.1, -0.05) is 78.3 Å². The van der Waals surface area contributed by atoms with Gasteiger partial charge in [-0.25, -0.2) is 9.97 Å². The smallest absolute Gasteiger partial charge is 0.143 e. The number of halogens is 1. The van der Waals surface area contributed by atoms with Crippen molar-refractivity contribution in [1.82, 2.24) is 9.97 Å². The summed E-state index contributed by atoms with van der Waals surface area (Å²) in [5, 5.41) is 6.58. The highest BCUT2D eigenvalue weighted by atomic mass is 35.5. The number of nitrogens with zero attached hydrogens (tertiary/aromatic N) is 2. The average molecular weight is 447 g/mol. The molecule has 0 saturated heterocycles. The molecule has 0 amide bonds. The van der Waals surface area contributed by atoms with E-state index < -0.39 is 0 Å². The lowest BCUT2D eigenvalue weighted by Gasteiger charge is -2.09. The molecule has 0 N–H and O–H groups in total. The fraction of sp³-hybridized carbons (Fsp3) is 0. The van der Waals surface area contributed by atoms with Crippen LogP contribution in [0, 0.1) is 0 Å². The minimum atomic E-state index is 0.738. The van der Waals surface area contributed by atoms with Crippen LogP contribution in [0.15, 0.2) is 91.0 Å². The second kappa shape index (κ2) is 6.73. The minimum absolute atomic E-state index is 0.738. The van der Waals surface area contributed by atoms with E-state index in [-0.39, 0.29) is 0 Å². The van der Waals surface area contributed by atoms with Gasteiger partial charge in [-0.2, -0.15) is 0 Å². The van der Waals surface area contributed by atoms with Crippen molar-refractivity contribution in [2.75, 3.05) is 0 Å². The van der Waals surface area contributed by atoms with Crippen molar-refractivity contribution in [2.24, 2.45) is 0 Å². The van der Waals surface area contributed by atoms with Gasteiger partial charge in [0.15, 0.2) is 0 Å². The molecule has 0 spiro atoms. The van der Waals surface area contributed by atoms with Crippen molar-refractivity contribution in [3.8, 4) is 11.1 Å². The fourth-order valence-corrected chi connectivity index (χ4v) is 5.84. The first kappa shape index (κ1) is 18.1. The molecule has 0 aliphatic heterocycles. The van der Waals surface area contributed by atoms with Gasteiger partial charge >= 0.3 is 0 Å². The number of rotatable bonds is 1. The Balaban J connectivity index is 1.61. The zero-order valence-electron chi connectivity index (χ0n) is 16.8. The maximum absolute atomic E-state index is 6.24. The van der Waals surface area contributed by atoms with E-state index in [4.69, 9.17) is 21.6 Å². The SMILES string of the molecule is Clc1cccc(-c2ccc3sc4nc5c6ccccc6c6ccccc6c5nc4c3c2)c1. The first-order valence-corrected chi connectivity index (χ1v) is 11.7. The molecule has 0 fully saturated rings. The van der Waals surface area contributed by atoms with E-state index in [9.17, 15) is 0 Å². The van der Waals surface area contributed by atoms with E-state index in [0.717, 1.165) is 53.7 Å². The number of fused-ring (bicyclic) bond motifs is 9. The van der Waals surface area contributed by atoms with Crippen molar-refractivity contribution >= 4 is 75.9 Å². The lowest BCUT2D eigenvalue weighted by Crippen LogP contribution is -1.89. The van der Waals surface area contributed by atoms with Crippen LogP contribution in [0.5, 0.6) is 0 Å². The summed E-state index contributed by atoms with van der Waals surface area (Å²) in [4.78, 5) is 11.3. The number of thiophene rings is 1. The zero-order chi connectivity index (χ0) is 21.2. The highest BCUT2D eigenvalue weighted by molar-refractivity contribution is 7.25. The van der Waals surface area contributed by atoms with E-state index >= 15 is 0 Å². The summed E-state index contributed by atoms with van der Waals surface area (Å²) < 4.78 is 1.19. The van der Waals surface area contributed by atoms with Gasteiger partial charge in [0.05, 0.1) is 11.0 Å². The van der Waals surface area contributed by atoms with Crippen LogP contribution in [-0.2, 0) is 0 Å². The van der Waals surface area contributed by atoms with Gasteiger partial charge in [-0.15, -0.1) is 11.3 Å². The molecule has 150 valence electrons. The van der Waals surface area contributed by atoms with Crippen molar-refractivity contribution in [3.05, 3.63) is 96.0 Å². The maximum Gasteiger partial charge on any atom is 0.143 e. The monoisotopic (exact) mass is 446 g/mol. The molecule has 4 heteroatoms. The number of hydrogen-bond acceptors (Lipinski definition) is 3. The quantitative estimate of drug-likeness (QED) is 0.236. The second-order valence-electron chi connectivity index (χ2n) is 7.99. The predicted molar refractivity (Wildman–Crippen MR) is 138 cm³/mol. The van der Waals surface area contributed by atoms with Gasteiger partial charge in [0.1, 0.15) is 10.3 Å². The Morgan fingerprint density at radius 3 is 1.91 bits per heavy atom. The molecule has 2 aromatic heterocycles. The third kappa shape index (κ3) is 2.59. The first-order chi connectivity index (χ1) is 15.8. The van der Waals surface area contributed by atoms with Crippen LogP contribution < -0.4 is 0 Å². The Morgan fingerprint density at radius 2 is 1.19 bits per heavy atom. The Kier molecular flexibility index (Phi) is 3.80. The van der Waals surface area contributed by atoms with Crippen LogP contribution in [0.25, 0.3) is 64.1 Å². The van der Waals surface area contributed by atoms with E-state index in [0.29, 0.717) is 0 Å². The summed E-state index contributed by atoms with van der Waals surface area (Å²) in [5.41, 5.74) is 5.11. The molecule has 0 radical (unpaired) electrons. The molecule has 0 atom stereocenters. The average Bonchev–Trinajstić information content (AvgIpc) is 3.20. The molecule has 7 rings (SSSR count). The van der Waals surface area contributed by atoms with Crippen LogP contribution in [0.1, 0.15) is 0 Å². The molecule has 7 aromatic rings. The summed E-state index contributed by atoms with van der Waals surface area (Å²) in [6.07, 6.45) is 0. The van der Waals surface area contributed by atoms with Gasteiger partial charge in [-0.3, -0.25) is 0 Å². The lowest BCUT2D eigenvalue weighted by atomic mass is 9.99. The highest BCUT2D eigenvalue weighted by Gasteiger charge is 2.15. The Bertz CT molecular complexity index is 1850. The second-order valence-corrected chi connectivity index (χ2v) is 9.46. The Labute approximate surface area is 192 Å². The minimum Gasteiger partial charge on any atom is -0.242 e. The van der Waals surface area contributed by atoms with E-state index in [1.54, 1.807) is 11.3 Å². The zero-order valence-corrected chi connectivity index (χ0v) is 18.4. The van der Waals surface area contributed by atoms with Gasteiger partial charge in [0.2, 0.25) is 0 Å². The van der Waals surface area contributed by atoms with Gasteiger partial charge in [0, 0.05) is 25.9 Å². The van der Waals surface area contributed by atoms with Crippen LogP contribution in [-0.4, -0.2) is 9.97 Å². The van der Waals surface area contributed by atoms with E-state index in [2.05, 4.69) is 72.8 Å². The van der Waals surface area contributed by atoms with Gasteiger partial charge in [0.25, 0.3) is 0 Å². The molecular weight excluding hydrogens is 432 g/mol. The van der Waals surface area contributed by atoms with Gasteiger partial charge in [-0.05, 0) is 46.2 Å². The molecule has 5 aromatic carbocycles. The summed E-state index contributed by atoms with van der Waals surface area (Å²) in [5.74, 6) is 0. The van der Waals surface area contributed by atoms with Gasteiger partial charge < -0.3 is 0 Å². The normalized spacial score (nSPS) is 11.9. The summed E-state index contributed by atoms with van der Waals surface area (Å²) >= 11 is 7.93. The Morgan fingerprint density at radius 1 is 0.531 bits per heavy atom. The molecule has 2 nitrogen and oxygen atoms in total. The summed E-state index contributed by atoms with van der Waals surface area (Å²) in [6, 6.07) is 31.5. The lowest BCUT2D eigenvalue weighted by molar-refractivity contribution is 1.46. The third-order valence-electron chi connectivity index (χ3n) is 6.12. The van der Waals surface area contributed by atoms with Crippen LogP contribution in [0.2, 0.25) is 5.02 Å². The van der Waals surface area contributed by atoms with Crippen LogP contribution in [0.4, 0.5) is 0 Å². The molecule has 0 bridgehead atoms. The molecule has 0 saturated carbocycles. The van der Waals surface area contributed by atoms with Crippen molar-refractivity contribution in [1.29, 1.82) is 0 Å². The topological polar surface area (TPSA) is 25.8 Å². The standard InChI is InChI=1S/C28H15ClN2S/c29-18-7-5-6-16(14-18)17-12-13-24-23(15-17)27-28(32-24)31-26-22-11-4-2-9-20(22)19-8-1-3-10-21(19)25(26)30-27/h1-15H.